The lowest BCUT2D eigenvalue weighted by atomic mass is 10.0. The monoisotopic (exact) mass is 189 g/mol. The molecule has 0 unspecified atom stereocenters. The van der Waals surface area contributed by atoms with Gasteiger partial charge in [0, 0.05) is 5.56 Å². The molecule has 1 heterocycles. The molecule has 0 aromatic heterocycles. The molecule has 1 aliphatic carbocycles. The quantitative estimate of drug-likeness (QED) is 0.678. The second-order valence-electron chi connectivity index (χ2n) is 4.10. The third-order valence-electron chi connectivity index (χ3n) is 2.94. The fourth-order valence-electron chi connectivity index (χ4n) is 2.01. The summed E-state index contributed by atoms with van der Waals surface area (Å²) in [6.07, 6.45) is 1.73. The molecular formula is C11H11NO2. The molecule has 1 spiro atoms. The van der Waals surface area contributed by atoms with Gasteiger partial charge in [-0.25, -0.2) is 4.79 Å². The average molecular weight is 189 g/mol. The van der Waals surface area contributed by atoms with Crippen LogP contribution in [-0.2, 0) is 5.54 Å². The highest BCUT2D eigenvalue weighted by Crippen LogP contribution is 2.50. The van der Waals surface area contributed by atoms with E-state index in [9.17, 15) is 4.79 Å². The van der Waals surface area contributed by atoms with Crippen molar-refractivity contribution in [3.05, 3.63) is 29.3 Å². The minimum absolute atomic E-state index is 0.101. The van der Waals surface area contributed by atoms with E-state index < -0.39 is 0 Å². The first kappa shape index (κ1) is 7.85. The van der Waals surface area contributed by atoms with Crippen LogP contribution in [0.3, 0.4) is 0 Å². The number of amides is 1. The van der Waals surface area contributed by atoms with E-state index in [-0.39, 0.29) is 11.6 Å². The molecule has 3 rings (SSSR count). The molecule has 1 amide bonds. The van der Waals surface area contributed by atoms with Crippen LogP contribution in [0.1, 0.15) is 24.0 Å². The van der Waals surface area contributed by atoms with Crippen LogP contribution in [0.25, 0.3) is 0 Å². The molecule has 72 valence electrons. The molecular weight excluding hydrogens is 178 g/mol. The lowest BCUT2D eigenvalue weighted by molar-refractivity contribution is 0.186. The van der Waals surface area contributed by atoms with E-state index in [0.717, 1.165) is 24.2 Å². The van der Waals surface area contributed by atoms with Crippen LogP contribution >= 0.6 is 0 Å². The van der Waals surface area contributed by atoms with Gasteiger partial charge in [0.15, 0.2) is 0 Å². The van der Waals surface area contributed by atoms with Crippen molar-refractivity contribution in [3.63, 3.8) is 0 Å². The first-order valence-electron chi connectivity index (χ1n) is 4.81. The summed E-state index contributed by atoms with van der Waals surface area (Å²) < 4.78 is 5.11. The number of benzene rings is 1. The van der Waals surface area contributed by atoms with Gasteiger partial charge < -0.3 is 10.1 Å². The van der Waals surface area contributed by atoms with Crippen molar-refractivity contribution in [2.45, 2.75) is 25.3 Å². The smallest absolute Gasteiger partial charge is 0.410 e. The summed E-state index contributed by atoms with van der Waals surface area (Å²) in [6.45, 7) is 2.05. The average Bonchev–Trinajstić information content (AvgIpc) is 2.88. The van der Waals surface area contributed by atoms with Crippen LogP contribution in [0, 0.1) is 6.92 Å². The molecule has 1 aromatic rings. The van der Waals surface area contributed by atoms with Crippen LogP contribution in [0.5, 0.6) is 5.75 Å². The van der Waals surface area contributed by atoms with Gasteiger partial charge in [0.05, 0.1) is 5.54 Å². The van der Waals surface area contributed by atoms with Crippen molar-refractivity contribution in [1.29, 1.82) is 0 Å². The number of carbonyl (C=O) groups excluding carboxylic acids is 1. The number of aryl methyl sites for hydroxylation is 1. The number of ether oxygens (including phenoxy) is 1. The lowest BCUT2D eigenvalue weighted by Crippen LogP contribution is -2.41. The zero-order valence-electron chi connectivity index (χ0n) is 7.96. The number of hydrogen-bond donors (Lipinski definition) is 1. The molecule has 2 aliphatic rings. The summed E-state index contributed by atoms with van der Waals surface area (Å²) in [5.41, 5.74) is 2.24. The van der Waals surface area contributed by atoms with Crippen molar-refractivity contribution in [2.24, 2.45) is 0 Å². The Morgan fingerprint density at radius 2 is 2.21 bits per heavy atom. The van der Waals surface area contributed by atoms with E-state index in [4.69, 9.17) is 4.74 Å². The second kappa shape index (κ2) is 2.29. The minimum Gasteiger partial charge on any atom is -0.410 e. The van der Waals surface area contributed by atoms with Gasteiger partial charge in [-0.05, 0) is 31.9 Å². The van der Waals surface area contributed by atoms with E-state index >= 15 is 0 Å². The largest absolute Gasteiger partial charge is 0.413 e. The van der Waals surface area contributed by atoms with Gasteiger partial charge in [-0.2, -0.15) is 0 Å². The Morgan fingerprint density at radius 1 is 1.43 bits per heavy atom. The summed E-state index contributed by atoms with van der Waals surface area (Å²) in [5.74, 6) is 0.719. The molecule has 0 atom stereocenters. The summed E-state index contributed by atoms with van der Waals surface area (Å²) in [4.78, 5) is 11.2. The zero-order chi connectivity index (χ0) is 9.76. The highest BCUT2D eigenvalue weighted by atomic mass is 16.6. The predicted molar refractivity (Wildman–Crippen MR) is 51.3 cm³/mol. The van der Waals surface area contributed by atoms with E-state index in [1.165, 1.54) is 5.56 Å². The fraction of sp³-hybridized carbons (Fsp3) is 0.364. The first-order chi connectivity index (χ1) is 6.70. The molecule has 1 aliphatic heterocycles. The van der Waals surface area contributed by atoms with E-state index in [2.05, 4.69) is 11.4 Å². The number of nitrogens with one attached hydrogen (secondary N) is 1. The third-order valence-corrected chi connectivity index (χ3v) is 2.94. The number of hydrogen-bond acceptors (Lipinski definition) is 2. The van der Waals surface area contributed by atoms with Crippen molar-refractivity contribution in [1.82, 2.24) is 5.32 Å². The normalized spacial score (nSPS) is 21.1. The number of carbonyl (C=O) groups is 1. The van der Waals surface area contributed by atoms with Crippen molar-refractivity contribution in [2.75, 3.05) is 0 Å². The summed E-state index contributed by atoms with van der Waals surface area (Å²) >= 11 is 0. The lowest BCUT2D eigenvalue weighted by Gasteiger charge is -2.26. The molecule has 3 heteroatoms. The van der Waals surface area contributed by atoms with E-state index in [0.29, 0.717) is 0 Å². The van der Waals surface area contributed by atoms with Gasteiger partial charge in [-0.3, -0.25) is 0 Å². The maximum atomic E-state index is 11.2. The van der Waals surface area contributed by atoms with Crippen molar-refractivity contribution >= 4 is 6.09 Å². The third kappa shape index (κ3) is 0.953. The van der Waals surface area contributed by atoms with Crippen LogP contribution in [0.4, 0.5) is 4.79 Å². The highest BCUT2D eigenvalue weighted by Gasteiger charge is 2.50. The number of fused-ring (bicyclic) bond motifs is 2. The molecule has 0 saturated heterocycles. The summed E-state index contributed by atoms with van der Waals surface area (Å²) in [6, 6.07) is 5.94. The van der Waals surface area contributed by atoms with Gasteiger partial charge in [-0.1, -0.05) is 11.6 Å². The van der Waals surface area contributed by atoms with Crippen LogP contribution in [-0.4, -0.2) is 6.09 Å². The Bertz CT molecular complexity index is 421. The topological polar surface area (TPSA) is 38.3 Å². The molecule has 1 aromatic carbocycles. The minimum atomic E-state index is -0.321. The van der Waals surface area contributed by atoms with Crippen molar-refractivity contribution in [3.8, 4) is 5.75 Å². The molecule has 1 N–H and O–H groups in total. The molecule has 1 fully saturated rings. The van der Waals surface area contributed by atoms with Crippen molar-refractivity contribution < 1.29 is 9.53 Å². The zero-order valence-corrected chi connectivity index (χ0v) is 7.96. The van der Waals surface area contributed by atoms with Crippen LogP contribution < -0.4 is 10.1 Å². The Balaban J connectivity index is 2.18. The first-order valence-corrected chi connectivity index (χ1v) is 4.81. The predicted octanol–water partition coefficient (Wildman–Crippen LogP) is 2.09. The Hall–Kier alpha value is -1.51. The van der Waals surface area contributed by atoms with E-state index in [1.54, 1.807) is 0 Å². The SMILES string of the molecule is Cc1ccc2c(c1)C1(CC1)NC(=O)O2. The Morgan fingerprint density at radius 3 is 2.93 bits per heavy atom. The fourth-order valence-corrected chi connectivity index (χ4v) is 2.01. The van der Waals surface area contributed by atoms with Gasteiger partial charge in [0.25, 0.3) is 0 Å². The van der Waals surface area contributed by atoms with Gasteiger partial charge in [0.2, 0.25) is 0 Å². The molecule has 3 nitrogen and oxygen atoms in total. The van der Waals surface area contributed by atoms with Gasteiger partial charge in [-0.15, -0.1) is 0 Å². The molecule has 1 saturated carbocycles. The highest BCUT2D eigenvalue weighted by molar-refractivity contribution is 5.76. The Kier molecular flexibility index (Phi) is 1.29. The Labute approximate surface area is 82.1 Å². The standard InChI is InChI=1S/C11H11NO2/c1-7-2-3-9-8(6-7)11(4-5-11)12-10(13)14-9/h2-3,6H,4-5H2,1H3,(H,12,13). The van der Waals surface area contributed by atoms with Crippen LogP contribution in [0.2, 0.25) is 0 Å². The molecule has 0 radical (unpaired) electrons. The maximum absolute atomic E-state index is 11.2. The van der Waals surface area contributed by atoms with Gasteiger partial charge in [0.1, 0.15) is 5.75 Å². The van der Waals surface area contributed by atoms with Gasteiger partial charge >= 0.3 is 6.09 Å². The summed E-state index contributed by atoms with van der Waals surface area (Å²) in [7, 11) is 0. The van der Waals surface area contributed by atoms with Crippen LogP contribution in [0.15, 0.2) is 18.2 Å². The van der Waals surface area contributed by atoms with E-state index in [1.807, 2.05) is 19.1 Å². The molecule has 14 heavy (non-hydrogen) atoms. The molecule has 0 bridgehead atoms. The summed E-state index contributed by atoms with van der Waals surface area (Å²) in [5, 5.41) is 2.89. The second-order valence-corrected chi connectivity index (χ2v) is 4.10. The maximum Gasteiger partial charge on any atom is 0.413 e. The number of rotatable bonds is 0.